The van der Waals surface area contributed by atoms with Crippen LogP contribution in [0.15, 0.2) is 29.1 Å². The summed E-state index contributed by atoms with van der Waals surface area (Å²) in [5.74, 6) is -0.145. The Bertz CT molecular complexity index is 1020. The lowest BCUT2D eigenvalue weighted by molar-refractivity contribution is -0.111. The van der Waals surface area contributed by atoms with Gasteiger partial charge in [-0.3, -0.25) is 4.79 Å². The third kappa shape index (κ3) is 4.98. The van der Waals surface area contributed by atoms with Crippen molar-refractivity contribution in [1.82, 2.24) is 4.90 Å². The van der Waals surface area contributed by atoms with Gasteiger partial charge >= 0.3 is 6.09 Å². The molecule has 9 heteroatoms. The predicted molar refractivity (Wildman–Crippen MR) is 114 cm³/mol. The number of furan rings is 1. The number of ether oxygens (including phenoxy) is 1. The van der Waals surface area contributed by atoms with Gasteiger partial charge in [0.1, 0.15) is 11.1 Å². The molecule has 2 aromatic rings. The van der Waals surface area contributed by atoms with Gasteiger partial charge in [-0.15, -0.1) is 11.3 Å². The van der Waals surface area contributed by atoms with Gasteiger partial charge in [-0.25, -0.2) is 4.79 Å². The van der Waals surface area contributed by atoms with Crippen molar-refractivity contribution in [2.45, 2.75) is 31.8 Å². The van der Waals surface area contributed by atoms with E-state index in [0.29, 0.717) is 49.5 Å². The molecule has 2 aromatic heterocycles. The molecule has 3 heterocycles. The van der Waals surface area contributed by atoms with Crippen LogP contribution in [0.5, 0.6) is 0 Å². The second kappa shape index (κ2) is 9.37. The monoisotopic (exact) mass is 441 g/mol. The largest absolute Gasteiger partial charge is 0.472 e. The molecule has 1 aliphatic carbocycles. The Morgan fingerprint density at radius 2 is 2.32 bits per heavy atom. The summed E-state index contributed by atoms with van der Waals surface area (Å²) in [4.78, 5) is 27.0. The molecular weight excluding hydrogens is 418 g/mol. The van der Waals surface area contributed by atoms with Crippen LogP contribution >= 0.6 is 11.3 Å². The first-order valence-electron chi connectivity index (χ1n) is 10.2. The number of anilines is 1. The Morgan fingerprint density at radius 1 is 1.45 bits per heavy atom. The Labute approximate surface area is 183 Å². The van der Waals surface area contributed by atoms with Crippen molar-refractivity contribution in [3.05, 3.63) is 46.2 Å². The number of nitrogens with zero attached hydrogens (tertiary/aromatic N) is 2. The van der Waals surface area contributed by atoms with E-state index in [-0.39, 0.29) is 17.9 Å². The van der Waals surface area contributed by atoms with Crippen molar-refractivity contribution >= 4 is 34.4 Å². The lowest BCUT2D eigenvalue weighted by atomic mass is 9.88. The number of hydrogen-bond acceptors (Lipinski definition) is 7. The van der Waals surface area contributed by atoms with Gasteiger partial charge in [0.2, 0.25) is 5.91 Å². The Kier molecular flexibility index (Phi) is 6.39. The number of nitrogens with one attached hydrogen (secondary N) is 1. The van der Waals surface area contributed by atoms with Gasteiger partial charge in [0.15, 0.2) is 0 Å². The number of aliphatic hydroxyl groups excluding tert-OH is 1. The van der Waals surface area contributed by atoms with Crippen LogP contribution in [0.25, 0.3) is 6.08 Å². The molecule has 1 aliphatic heterocycles. The Hall–Kier alpha value is -3.09. The van der Waals surface area contributed by atoms with Crippen LogP contribution in [0.1, 0.15) is 34.4 Å². The summed E-state index contributed by atoms with van der Waals surface area (Å²) < 4.78 is 10.4. The smallest absolute Gasteiger partial charge is 0.409 e. The molecule has 31 heavy (non-hydrogen) atoms. The molecule has 2 N–H and O–H groups in total. The molecule has 0 saturated carbocycles. The molecule has 1 saturated heterocycles. The normalized spacial score (nSPS) is 20.5. The molecule has 0 bridgehead atoms. The molecule has 0 radical (unpaired) electrons. The molecule has 2 unspecified atom stereocenters. The molecule has 2 amide bonds. The Morgan fingerprint density at radius 3 is 3.03 bits per heavy atom. The molecule has 2 atom stereocenters. The number of likely N-dealkylation sites (tertiary alicyclic amines) is 1. The van der Waals surface area contributed by atoms with Crippen LogP contribution in [-0.2, 0) is 22.4 Å². The minimum Gasteiger partial charge on any atom is -0.472 e. The van der Waals surface area contributed by atoms with Crippen LogP contribution in [0.4, 0.5) is 9.80 Å². The standard InChI is InChI=1S/C22H23N3O5S/c23-10-18-17-3-1-15(13-30-22(28)25-7-5-16(26)11-25)9-19(17)31-21(18)24-20(27)4-2-14-6-8-29-12-14/h2,4,6,8,12,15-16,26H,1,3,5,7,9,11,13H2,(H,24,27)/b4-2+. The second-order valence-electron chi connectivity index (χ2n) is 7.77. The number of amides is 2. The average Bonchev–Trinajstić information content (AvgIpc) is 3.50. The SMILES string of the molecule is N#Cc1c(NC(=O)/C=C/c2ccoc2)sc2c1CCC(COC(=O)N1CCC(O)C1)C2. The van der Waals surface area contributed by atoms with Crippen molar-refractivity contribution in [2.75, 3.05) is 25.0 Å². The molecular formula is C22H23N3O5S. The van der Waals surface area contributed by atoms with Gasteiger partial charge in [-0.1, -0.05) is 0 Å². The van der Waals surface area contributed by atoms with Gasteiger partial charge < -0.3 is 24.5 Å². The quantitative estimate of drug-likeness (QED) is 0.689. The molecule has 0 aromatic carbocycles. The van der Waals surface area contributed by atoms with Crippen molar-refractivity contribution in [3.8, 4) is 6.07 Å². The molecule has 1 fully saturated rings. The lowest BCUT2D eigenvalue weighted by Gasteiger charge is -2.23. The summed E-state index contributed by atoms with van der Waals surface area (Å²) >= 11 is 1.41. The van der Waals surface area contributed by atoms with Crippen molar-refractivity contribution in [1.29, 1.82) is 5.26 Å². The van der Waals surface area contributed by atoms with Crippen LogP contribution < -0.4 is 5.32 Å². The fourth-order valence-corrected chi connectivity index (χ4v) is 5.20. The minimum absolute atomic E-state index is 0.165. The number of fused-ring (bicyclic) bond motifs is 1. The fourth-order valence-electron chi connectivity index (χ4n) is 3.89. The number of carbonyl (C=O) groups excluding carboxylic acids is 2. The first-order valence-corrected chi connectivity index (χ1v) is 11.0. The number of aliphatic hydroxyl groups is 1. The van der Waals surface area contributed by atoms with Gasteiger partial charge in [0.25, 0.3) is 0 Å². The van der Waals surface area contributed by atoms with Crippen LogP contribution in [0.3, 0.4) is 0 Å². The van der Waals surface area contributed by atoms with Crippen LogP contribution in [0, 0.1) is 17.2 Å². The van der Waals surface area contributed by atoms with Gasteiger partial charge in [0, 0.05) is 29.6 Å². The van der Waals surface area contributed by atoms with E-state index >= 15 is 0 Å². The number of hydrogen-bond donors (Lipinski definition) is 2. The summed E-state index contributed by atoms with van der Waals surface area (Å²) in [6.07, 6.45) is 8.05. The van der Waals surface area contributed by atoms with E-state index in [2.05, 4.69) is 11.4 Å². The number of β-amino-alcohol motifs (C(OH)–C–C–N with tert-alkyl or cyclic N) is 1. The zero-order valence-electron chi connectivity index (χ0n) is 16.9. The predicted octanol–water partition coefficient (Wildman–Crippen LogP) is 3.17. The summed E-state index contributed by atoms with van der Waals surface area (Å²) in [7, 11) is 0. The lowest BCUT2D eigenvalue weighted by Crippen LogP contribution is -2.32. The van der Waals surface area contributed by atoms with E-state index < -0.39 is 6.10 Å². The van der Waals surface area contributed by atoms with E-state index in [1.165, 1.54) is 34.8 Å². The molecule has 0 spiro atoms. The van der Waals surface area contributed by atoms with Crippen LogP contribution in [0.2, 0.25) is 0 Å². The first-order chi connectivity index (χ1) is 15.0. The molecule has 2 aliphatic rings. The topological polar surface area (TPSA) is 116 Å². The summed E-state index contributed by atoms with van der Waals surface area (Å²) in [5, 5.41) is 22.5. The third-order valence-electron chi connectivity index (χ3n) is 5.55. The highest BCUT2D eigenvalue weighted by Gasteiger charge is 2.29. The zero-order chi connectivity index (χ0) is 21.8. The summed E-state index contributed by atoms with van der Waals surface area (Å²) in [6, 6.07) is 3.97. The number of rotatable bonds is 5. The first kappa shape index (κ1) is 21.2. The van der Waals surface area contributed by atoms with E-state index in [1.54, 1.807) is 12.1 Å². The maximum atomic E-state index is 12.3. The van der Waals surface area contributed by atoms with Crippen molar-refractivity contribution in [2.24, 2.45) is 5.92 Å². The van der Waals surface area contributed by atoms with E-state index in [4.69, 9.17) is 9.15 Å². The number of carbonyl (C=O) groups is 2. The van der Waals surface area contributed by atoms with Gasteiger partial charge in [-0.05, 0) is 49.3 Å². The van der Waals surface area contributed by atoms with Crippen molar-refractivity contribution in [3.63, 3.8) is 0 Å². The highest BCUT2D eigenvalue weighted by molar-refractivity contribution is 7.16. The van der Waals surface area contributed by atoms with Gasteiger partial charge in [-0.2, -0.15) is 5.26 Å². The number of nitriles is 1. The van der Waals surface area contributed by atoms with E-state index in [0.717, 1.165) is 22.4 Å². The van der Waals surface area contributed by atoms with Crippen LogP contribution in [-0.4, -0.2) is 47.8 Å². The molecule has 8 nitrogen and oxygen atoms in total. The maximum absolute atomic E-state index is 12.3. The average molecular weight is 442 g/mol. The highest BCUT2D eigenvalue weighted by atomic mass is 32.1. The highest BCUT2D eigenvalue weighted by Crippen LogP contribution is 2.39. The fraction of sp³-hybridized carbons (Fsp3) is 0.409. The Balaban J connectivity index is 1.36. The van der Waals surface area contributed by atoms with E-state index in [1.807, 2.05) is 0 Å². The second-order valence-corrected chi connectivity index (χ2v) is 8.88. The van der Waals surface area contributed by atoms with Gasteiger partial charge in [0.05, 0.1) is 30.8 Å². The molecule has 4 rings (SSSR count). The minimum atomic E-state index is -0.469. The summed E-state index contributed by atoms with van der Waals surface area (Å²) in [6.45, 7) is 1.14. The third-order valence-corrected chi connectivity index (χ3v) is 6.72. The number of thiophene rings is 1. The van der Waals surface area contributed by atoms with E-state index in [9.17, 15) is 20.0 Å². The molecule has 162 valence electrons. The summed E-state index contributed by atoms with van der Waals surface area (Å²) in [5.41, 5.74) is 2.28. The maximum Gasteiger partial charge on any atom is 0.409 e. The zero-order valence-corrected chi connectivity index (χ0v) is 17.7. The van der Waals surface area contributed by atoms with Crippen molar-refractivity contribution < 1.29 is 23.8 Å².